The Morgan fingerprint density at radius 3 is 2.33 bits per heavy atom. The number of thiazole rings is 1. The topological polar surface area (TPSA) is 60.5 Å². The zero-order valence-corrected chi connectivity index (χ0v) is 16.0. The molecule has 5 nitrogen and oxygen atoms in total. The lowest BCUT2D eigenvalue weighted by molar-refractivity contribution is -0.136. The number of benzene rings is 1. The molecule has 0 saturated carbocycles. The molecule has 27 heavy (non-hydrogen) atoms. The van der Waals surface area contributed by atoms with Crippen LogP contribution in [0.15, 0.2) is 29.1 Å². The van der Waals surface area contributed by atoms with Gasteiger partial charge >= 0.3 is 13.3 Å². The Balaban J connectivity index is 1.93. The summed E-state index contributed by atoms with van der Waals surface area (Å²) in [6.07, 6.45) is -4.66. The number of carbonyl (C=O) groups excluding carboxylic acids is 1. The van der Waals surface area contributed by atoms with E-state index in [-0.39, 0.29) is 16.8 Å². The van der Waals surface area contributed by atoms with Crippen LogP contribution in [0.2, 0.25) is 0 Å². The molecule has 1 saturated heterocycles. The van der Waals surface area contributed by atoms with Gasteiger partial charge in [0.05, 0.1) is 28.0 Å². The van der Waals surface area contributed by atoms with E-state index in [0.717, 1.165) is 6.07 Å². The largest absolute Gasteiger partial charge is 0.494 e. The normalized spacial score (nSPS) is 18.6. The summed E-state index contributed by atoms with van der Waals surface area (Å²) in [6, 6.07) is 3.60. The summed E-state index contributed by atoms with van der Waals surface area (Å²) < 4.78 is 52.3. The number of alkyl halides is 3. The number of nitrogens with zero attached hydrogens (tertiary/aromatic N) is 1. The van der Waals surface area contributed by atoms with E-state index >= 15 is 0 Å². The Kier molecular flexibility index (Phi) is 4.86. The third-order valence-electron chi connectivity index (χ3n) is 4.79. The predicted molar refractivity (Wildman–Crippen MR) is 97.2 cm³/mol. The summed E-state index contributed by atoms with van der Waals surface area (Å²) >= 11 is 1.18. The Morgan fingerprint density at radius 1 is 1.19 bits per heavy atom. The van der Waals surface area contributed by atoms with Crippen LogP contribution < -0.4 is 10.8 Å². The molecule has 1 aliphatic heterocycles. The van der Waals surface area contributed by atoms with Crippen LogP contribution in [0.5, 0.6) is 0 Å². The van der Waals surface area contributed by atoms with Gasteiger partial charge in [-0.25, -0.2) is 4.98 Å². The van der Waals surface area contributed by atoms with Crippen LogP contribution in [0.1, 0.15) is 43.7 Å². The fourth-order valence-corrected chi connectivity index (χ4v) is 3.07. The molecule has 0 aliphatic carbocycles. The van der Waals surface area contributed by atoms with Crippen molar-refractivity contribution in [1.82, 2.24) is 4.98 Å². The van der Waals surface area contributed by atoms with Gasteiger partial charge in [0, 0.05) is 5.38 Å². The predicted octanol–water partition coefficient (Wildman–Crippen LogP) is 3.71. The maximum atomic E-state index is 13.6. The first-order valence-corrected chi connectivity index (χ1v) is 9.11. The third kappa shape index (κ3) is 3.88. The second-order valence-corrected chi connectivity index (χ2v) is 7.94. The van der Waals surface area contributed by atoms with Crippen LogP contribution in [0.4, 0.5) is 18.9 Å². The molecule has 1 aromatic heterocycles. The first kappa shape index (κ1) is 19.8. The van der Waals surface area contributed by atoms with E-state index in [4.69, 9.17) is 9.31 Å². The third-order valence-corrected chi connectivity index (χ3v) is 5.37. The van der Waals surface area contributed by atoms with Crippen LogP contribution in [0.3, 0.4) is 0 Å². The Morgan fingerprint density at radius 2 is 1.81 bits per heavy atom. The number of rotatable bonds is 3. The van der Waals surface area contributed by atoms with Gasteiger partial charge in [0.1, 0.15) is 5.69 Å². The summed E-state index contributed by atoms with van der Waals surface area (Å²) in [6.45, 7) is 7.28. The van der Waals surface area contributed by atoms with Crippen LogP contribution >= 0.6 is 11.3 Å². The fraction of sp³-hybridized carbons (Fsp3) is 0.412. The molecule has 0 atom stereocenters. The van der Waals surface area contributed by atoms with Crippen LogP contribution in [0.25, 0.3) is 0 Å². The minimum Gasteiger partial charge on any atom is -0.399 e. The number of aromatic nitrogens is 1. The number of halogens is 3. The van der Waals surface area contributed by atoms with Crippen molar-refractivity contribution in [2.45, 2.75) is 45.1 Å². The van der Waals surface area contributed by atoms with Gasteiger partial charge in [0.2, 0.25) is 0 Å². The molecule has 2 aromatic rings. The van der Waals surface area contributed by atoms with Crippen LogP contribution in [0, 0.1) is 0 Å². The van der Waals surface area contributed by atoms with E-state index in [2.05, 4.69) is 10.3 Å². The molecule has 3 rings (SSSR count). The van der Waals surface area contributed by atoms with Gasteiger partial charge < -0.3 is 14.6 Å². The smallest absolute Gasteiger partial charge is 0.399 e. The molecule has 0 unspecified atom stereocenters. The first-order valence-electron chi connectivity index (χ1n) is 8.17. The zero-order chi connectivity index (χ0) is 20.0. The second-order valence-electron chi connectivity index (χ2n) is 7.22. The number of anilines is 1. The standard InChI is InChI=1S/C17H18BF3N2O3S/c1-15(2)16(3,4)26-18(25-15)10-5-6-12(11(7-10)17(19,20)21)23-14(24)13-8-27-9-22-13/h5-9H,1-4H3,(H,23,24). The van der Waals surface area contributed by atoms with E-state index in [0.29, 0.717) is 0 Å². The zero-order valence-electron chi connectivity index (χ0n) is 15.2. The maximum absolute atomic E-state index is 13.6. The van der Waals surface area contributed by atoms with Gasteiger partial charge in [-0.3, -0.25) is 4.79 Å². The molecule has 0 spiro atoms. The Bertz CT molecular complexity index is 838. The van der Waals surface area contributed by atoms with Gasteiger partial charge in [-0.1, -0.05) is 6.07 Å². The van der Waals surface area contributed by atoms with Gasteiger partial charge in [-0.05, 0) is 45.3 Å². The molecule has 1 fully saturated rings. The first-order chi connectivity index (χ1) is 12.4. The highest BCUT2D eigenvalue weighted by Gasteiger charge is 2.52. The number of carbonyl (C=O) groups is 1. The highest BCUT2D eigenvalue weighted by molar-refractivity contribution is 7.07. The van der Waals surface area contributed by atoms with E-state index in [1.807, 2.05) is 27.7 Å². The van der Waals surface area contributed by atoms with E-state index in [1.54, 1.807) is 0 Å². The quantitative estimate of drug-likeness (QED) is 0.801. The van der Waals surface area contributed by atoms with Gasteiger partial charge in [0.15, 0.2) is 0 Å². The van der Waals surface area contributed by atoms with Crippen molar-refractivity contribution in [3.63, 3.8) is 0 Å². The highest BCUT2D eigenvalue weighted by atomic mass is 32.1. The van der Waals surface area contributed by atoms with E-state index in [1.165, 1.54) is 34.4 Å². The van der Waals surface area contributed by atoms with Crippen molar-refractivity contribution in [2.75, 3.05) is 5.32 Å². The average Bonchev–Trinajstić information content (AvgIpc) is 3.13. The lowest BCUT2D eigenvalue weighted by atomic mass is 9.78. The lowest BCUT2D eigenvalue weighted by Gasteiger charge is -2.32. The van der Waals surface area contributed by atoms with Gasteiger partial charge in [0.25, 0.3) is 5.91 Å². The molecule has 1 amide bonds. The average molecular weight is 398 g/mol. The molecular formula is C17H18BF3N2O3S. The summed E-state index contributed by atoms with van der Waals surface area (Å²) in [5, 5.41) is 3.73. The van der Waals surface area contributed by atoms with Crippen molar-refractivity contribution in [1.29, 1.82) is 0 Å². The number of nitrogens with one attached hydrogen (secondary N) is 1. The summed E-state index contributed by atoms with van der Waals surface area (Å²) in [7, 11) is -0.931. The molecule has 1 aromatic carbocycles. The highest BCUT2D eigenvalue weighted by Crippen LogP contribution is 2.38. The van der Waals surface area contributed by atoms with Crippen molar-refractivity contribution in [3.8, 4) is 0 Å². The van der Waals surface area contributed by atoms with Crippen LogP contribution in [-0.4, -0.2) is 29.2 Å². The van der Waals surface area contributed by atoms with E-state index < -0.39 is 36.0 Å². The van der Waals surface area contributed by atoms with Crippen molar-refractivity contribution >= 4 is 35.5 Å². The van der Waals surface area contributed by atoms with Gasteiger partial charge in [-0.15, -0.1) is 11.3 Å². The summed E-state index contributed by atoms with van der Waals surface area (Å²) in [5.74, 6) is -0.704. The van der Waals surface area contributed by atoms with E-state index in [9.17, 15) is 18.0 Å². The Hall–Kier alpha value is -1.91. The summed E-state index contributed by atoms with van der Waals surface area (Å²) in [5.41, 5.74) is -0.947. The van der Waals surface area contributed by atoms with Crippen molar-refractivity contribution in [3.05, 3.63) is 40.3 Å². The molecule has 1 aliphatic rings. The number of hydrogen-bond donors (Lipinski definition) is 1. The minimum atomic E-state index is -4.66. The number of amides is 1. The van der Waals surface area contributed by atoms with Crippen LogP contribution in [-0.2, 0) is 15.5 Å². The van der Waals surface area contributed by atoms with Crippen molar-refractivity contribution < 1.29 is 27.3 Å². The number of hydrogen-bond acceptors (Lipinski definition) is 5. The second kappa shape index (κ2) is 6.61. The molecule has 10 heteroatoms. The lowest BCUT2D eigenvalue weighted by Crippen LogP contribution is -2.41. The minimum absolute atomic E-state index is 0.0585. The molecule has 144 valence electrons. The summed E-state index contributed by atoms with van der Waals surface area (Å²) in [4.78, 5) is 15.9. The Labute approximate surface area is 159 Å². The molecule has 0 bridgehead atoms. The monoisotopic (exact) mass is 398 g/mol. The maximum Gasteiger partial charge on any atom is 0.494 e. The molecular weight excluding hydrogens is 380 g/mol. The molecule has 0 radical (unpaired) electrons. The molecule has 2 heterocycles. The fourth-order valence-electron chi connectivity index (χ4n) is 2.54. The van der Waals surface area contributed by atoms with Crippen molar-refractivity contribution in [2.24, 2.45) is 0 Å². The molecule has 1 N–H and O–H groups in total. The SMILES string of the molecule is CC1(C)OB(c2ccc(NC(=O)c3cscn3)c(C(F)(F)F)c2)OC1(C)C. The van der Waals surface area contributed by atoms with Gasteiger partial charge in [-0.2, -0.15) is 13.2 Å².